The number of hydrogen-bond donors (Lipinski definition) is 1. The van der Waals surface area contributed by atoms with Crippen LogP contribution in [-0.2, 0) is 4.79 Å². The molecule has 2 amide bonds. The summed E-state index contributed by atoms with van der Waals surface area (Å²) in [5.41, 5.74) is 1.71. The van der Waals surface area contributed by atoms with Crippen molar-refractivity contribution < 1.29 is 14.7 Å². The Balaban J connectivity index is 1.86. The number of carboxylic acid groups (broad SMARTS) is 1. The zero-order valence-corrected chi connectivity index (χ0v) is 18.1. The number of thioether (sulfide) groups is 1. The van der Waals surface area contributed by atoms with E-state index in [1.165, 1.54) is 28.0 Å². The van der Waals surface area contributed by atoms with Crippen molar-refractivity contribution in [1.29, 1.82) is 0 Å². The van der Waals surface area contributed by atoms with Gasteiger partial charge in [0.2, 0.25) is 0 Å². The molecule has 1 aromatic heterocycles. The number of hydrogen-bond acceptors (Lipinski definition) is 5. The van der Waals surface area contributed by atoms with Crippen LogP contribution in [0.5, 0.6) is 0 Å². The van der Waals surface area contributed by atoms with Gasteiger partial charge in [-0.25, -0.2) is 9.78 Å². The van der Waals surface area contributed by atoms with Gasteiger partial charge in [0.1, 0.15) is 0 Å². The van der Waals surface area contributed by atoms with Crippen molar-refractivity contribution in [3.05, 3.63) is 35.0 Å². The Hall–Kier alpha value is -1.77. The Bertz CT molecular complexity index is 868. The molecule has 1 fully saturated rings. The molecule has 28 heavy (non-hydrogen) atoms. The van der Waals surface area contributed by atoms with Gasteiger partial charge in [0.15, 0.2) is 5.13 Å². The third kappa shape index (κ3) is 4.61. The highest BCUT2D eigenvalue weighted by Gasteiger charge is 2.32. The molecule has 1 saturated carbocycles. The smallest absolute Gasteiger partial charge is 0.330 e. The number of anilines is 2. The Morgan fingerprint density at radius 2 is 2.07 bits per heavy atom. The number of halogens is 1. The molecule has 0 saturated heterocycles. The van der Waals surface area contributed by atoms with E-state index in [0.29, 0.717) is 10.2 Å². The molecular formula is C19H22ClN3O3S2. The summed E-state index contributed by atoms with van der Waals surface area (Å²) in [6.45, 7) is 1.93. The predicted octanol–water partition coefficient (Wildman–Crippen LogP) is 5.29. The minimum absolute atomic E-state index is 0.0325. The van der Waals surface area contributed by atoms with Gasteiger partial charge in [-0.3, -0.25) is 14.6 Å². The maximum Gasteiger partial charge on any atom is 0.330 e. The van der Waals surface area contributed by atoms with Crippen molar-refractivity contribution in [2.45, 2.75) is 42.9 Å². The van der Waals surface area contributed by atoms with Crippen LogP contribution in [0.15, 0.2) is 28.6 Å². The lowest BCUT2D eigenvalue weighted by atomic mass is 10.1. The minimum atomic E-state index is -0.881. The maximum absolute atomic E-state index is 13.4. The number of carbonyl (C=O) groups excluding carboxylic acids is 1. The number of aliphatic carboxylic acids is 1. The number of rotatable bonds is 6. The zero-order valence-electron chi connectivity index (χ0n) is 15.7. The quantitative estimate of drug-likeness (QED) is 0.619. The molecule has 0 aliphatic heterocycles. The maximum atomic E-state index is 13.4. The van der Waals surface area contributed by atoms with Crippen LogP contribution in [0.2, 0.25) is 5.02 Å². The number of benzene rings is 1. The molecule has 1 aliphatic rings. The summed E-state index contributed by atoms with van der Waals surface area (Å²) in [6.07, 6.45) is 5.74. The first-order valence-corrected chi connectivity index (χ1v) is 11.2. The highest BCUT2D eigenvalue weighted by Crippen LogP contribution is 2.36. The molecule has 9 heteroatoms. The number of urea groups is 1. The Morgan fingerprint density at radius 1 is 1.36 bits per heavy atom. The molecule has 0 radical (unpaired) electrons. The lowest BCUT2D eigenvalue weighted by Gasteiger charge is -2.33. The summed E-state index contributed by atoms with van der Waals surface area (Å²) in [5.74, 6) is -0.914. The van der Waals surface area contributed by atoms with E-state index >= 15 is 0 Å². The molecule has 1 heterocycles. The first-order valence-electron chi connectivity index (χ1n) is 9.01. The van der Waals surface area contributed by atoms with E-state index < -0.39 is 5.97 Å². The van der Waals surface area contributed by atoms with Gasteiger partial charge in [0.05, 0.1) is 21.8 Å². The Morgan fingerprint density at radius 3 is 2.75 bits per heavy atom. The predicted molar refractivity (Wildman–Crippen MR) is 115 cm³/mol. The number of aromatic nitrogens is 1. The first-order chi connectivity index (χ1) is 13.4. The molecular weight excluding hydrogens is 418 g/mol. The van der Waals surface area contributed by atoms with Crippen LogP contribution in [-0.4, -0.2) is 40.9 Å². The lowest BCUT2D eigenvalue weighted by Crippen LogP contribution is -2.46. The number of amides is 2. The average Bonchev–Trinajstić information content (AvgIpc) is 3.35. The van der Waals surface area contributed by atoms with E-state index in [4.69, 9.17) is 16.7 Å². The van der Waals surface area contributed by atoms with Crippen LogP contribution < -0.4 is 9.80 Å². The van der Waals surface area contributed by atoms with E-state index in [1.807, 2.05) is 30.0 Å². The van der Waals surface area contributed by atoms with Gasteiger partial charge >= 0.3 is 12.0 Å². The third-order valence-electron chi connectivity index (χ3n) is 4.78. The monoisotopic (exact) mass is 439 g/mol. The van der Waals surface area contributed by atoms with Gasteiger partial charge in [-0.1, -0.05) is 41.8 Å². The lowest BCUT2D eigenvalue weighted by molar-refractivity contribution is -0.133. The fraction of sp³-hybridized carbons (Fsp3) is 0.421. The summed E-state index contributed by atoms with van der Waals surface area (Å²) in [4.78, 5) is 31.9. The molecule has 2 aromatic rings. The van der Waals surface area contributed by atoms with E-state index in [-0.39, 0.29) is 17.8 Å². The molecule has 3 rings (SSSR count). The molecule has 6 nitrogen and oxygen atoms in total. The average molecular weight is 440 g/mol. The summed E-state index contributed by atoms with van der Waals surface area (Å²) in [5, 5.41) is 10.0. The molecule has 0 bridgehead atoms. The molecule has 1 aliphatic carbocycles. The fourth-order valence-corrected chi connectivity index (χ4v) is 5.13. The van der Waals surface area contributed by atoms with Crippen molar-refractivity contribution in [1.82, 2.24) is 4.98 Å². The van der Waals surface area contributed by atoms with Gasteiger partial charge in [0, 0.05) is 18.1 Å². The molecule has 0 spiro atoms. The second kappa shape index (κ2) is 9.15. The summed E-state index contributed by atoms with van der Waals surface area (Å²) in [7, 11) is 1.70. The Kier molecular flexibility index (Phi) is 6.85. The van der Waals surface area contributed by atoms with E-state index in [2.05, 4.69) is 4.98 Å². The van der Waals surface area contributed by atoms with Gasteiger partial charge in [-0.2, -0.15) is 0 Å². The van der Waals surface area contributed by atoms with Gasteiger partial charge in [-0.05, 0) is 37.5 Å². The van der Waals surface area contributed by atoms with Crippen molar-refractivity contribution >= 4 is 57.5 Å². The van der Waals surface area contributed by atoms with Gasteiger partial charge in [0.25, 0.3) is 0 Å². The number of carboxylic acids is 1. The van der Waals surface area contributed by atoms with Crippen LogP contribution in [0.25, 0.3) is 0 Å². The van der Waals surface area contributed by atoms with Crippen LogP contribution >= 0.6 is 34.7 Å². The van der Waals surface area contributed by atoms with E-state index in [9.17, 15) is 9.59 Å². The normalized spacial score (nSPS) is 14.2. The summed E-state index contributed by atoms with van der Waals surface area (Å²) in [6, 6.07) is 5.61. The standard InChI is InChI=1S/C19H22ClN3O3S2/c1-12-14(20)8-5-9-15(12)23(13-6-3-4-7-13)19(26)22(2)18-21-10-17(28-18)27-11-16(24)25/h5,8-10,13H,3-4,6-7,11H2,1-2H3,(H,24,25). The second-order valence-electron chi connectivity index (χ2n) is 6.68. The van der Waals surface area contributed by atoms with Crippen LogP contribution in [0, 0.1) is 6.92 Å². The highest BCUT2D eigenvalue weighted by molar-refractivity contribution is 8.01. The fourth-order valence-electron chi connectivity index (χ4n) is 3.32. The number of carbonyl (C=O) groups is 2. The van der Waals surface area contributed by atoms with Crippen molar-refractivity contribution in [3.8, 4) is 0 Å². The van der Waals surface area contributed by atoms with Crippen LogP contribution in [0.3, 0.4) is 0 Å². The Labute approximate surface area is 177 Å². The van der Waals surface area contributed by atoms with Crippen LogP contribution in [0.4, 0.5) is 15.6 Å². The van der Waals surface area contributed by atoms with Crippen LogP contribution in [0.1, 0.15) is 31.2 Å². The second-order valence-corrected chi connectivity index (χ2v) is 9.37. The largest absolute Gasteiger partial charge is 0.481 e. The summed E-state index contributed by atoms with van der Waals surface area (Å²) >= 11 is 8.83. The van der Waals surface area contributed by atoms with Crippen molar-refractivity contribution in [2.24, 2.45) is 0 Å². The van der Waals surface area contributed by atoms with Crippen molar-refractivity contribution in [2.75, 3.05) is 22.6 Å². The van der Waals surface area contributed by atoms with E-state index in [1.54, 1.807) is 13.2 Å². The highest BCUT2D eigenvalue weighted by atomic mass is 35.5. The zero-order chi connectivity index (χ0) is 20.3. The summed E-state index contributed by atoms with van der Waals surface area (Å²) < 4.78 is 0.767. The molecule has 0 unspecified atom stereocenters. The first kappa shape index (κ1) is 21.0. The minimum Gasteiger partial charge on any atom is -0.481 e. The molecule has 1 N–H and O–H groups in total. The molecule has 150 valence electrons. The van der Waals surface area contributed by atoms with Crippen molar-refractivity contribution in [3.63, 3.8) is 0 Å². The van der Waals surface area contributed by atoms with Gasteiger partial charge in [-0.15, -0.1) is 11.8 Å². The molecule has 0 atom stereocenters. The van der Waals surface area contributed by atoms with E-state index in [0.717, 1.165) is 41.1 Å². The SMILES string of the molecule is Cc1c(Cl)cccc1N(C(=O)N(C)c1ncc(SCC(=O)O)s1)C1CCCC1. The number of nitrogens with zero attached hydrogens (tertiary/aromatic N) is 3. The number of thiazole rings is 1. The third-order valence-corrected chi connectivity index (χ3v) is 7.44. The topological polar surface area (TPSA) is 73.7 Å². The van der Waals surface area contributed by atoms with Gasteiger partial charge < -0.3 is 5.11 Å². The molecule has 1 aromatic carbocycles.